The maximum atomic E-state index is 14.5. The molecule has 0 radical (unpaired) electrons. The van der Waals surface area contributed by atoms with Crippen LogP contribution in [0.25, 0.3) is 0 Å². The van der Waals surface area contributed by atoms with E-state index in [4.69, 9.17) is 16.6 Å². The number of nitrogens with zero attached hydrogens (tertiary/aromatic N) is 6. The molecule has 0 spiro atoms. The molecular weight excluding hydrogens is 560 g/mol. The van der Waals surface area contributed by atoms with Crippen LogP contribution in [-0.2, 0) is 29.0 Å². The summed E-state index contributed by atoms with van der Waals surface area (Å²) < 4.78 is 2.13. The maximum absolute atomic E-state index is 14.5. The van der Waals surface area contributed by atoms with Crippen molar-refractivity contribution in [3.05, 3.63) is 82.2 Å². The molecule has 2 aromatic heterocycles. The summed E-state index contributed by atoms with van der Waals surface area (Å²) in [6, 6.07) is 9.96. The van der Waals surface area contributed by atoms with E-state index in [2.05, 4.69) is 44.9 Å². The molecule has 228 valence electrons. The molecule has 9 heteroatoms. The van der Waals surface area contributed by atoms with Crippen molar-refractivity contribution in [1.29, 1.82) is 0 Å². The molecule has 1 unspecified atom stereocenters. The number of rotatable bonds is 4. The molecule has 4 heterocycles. The van der Waals surface area contributed by atoms with Gasteiger partial charge in [0, 0.05) is 57.1 Å². The number of pyridine rings is 1. The van der Waals surface area contributed by atoms with Gasteiger partial charge in [-0.2, -0.15) is 0 Å². The highest BCUT2D eigenvalue weighted by atomic mass is 35.5. The number of benzene rings is 1. The summed E-state index contributed by atoms with van der Waals surface area (Å²) in [4.78, 5) is 43.8. The van der Waals surface area contributed by atoms with E-state index >= 15 is 0 Å². The van der Waals surface area contributed by atoms with E-state index in [1.807, 2.05) is 49.9 Å². The van der Waals surface area contributed by atoms with Crippen molar-refractivity contribution >= 4 is 23.4 Å². The Kier molecular flexibility index (Phi) is 8.35. The fraction of sp³-hybridized carbons (Fsp3) is 0.529. The second-order valence-electron chi connectivity index (χ2n) is 13.6. The molecule has 1 aromatic carbocycles. The Hall–Kier alpha value is -3.23. The van der Waals surface area contributed by atoms with E-state index in [0.29, 0.717) is 37.1 Å². The lowest BCUT2D eigenvalue weighted by atomic mass is 9.91. The SMILES string of the molecule is Cc1cn(C[C@H]2CCCN(C(=O)[C@H]3CN(C4c5ccccc5CCc5cc(Cl)cnc54)CCN3C(=O)C(C)(C)C)C2)cn1. The summed E-state index contributed by atoms with van der Waals surface area (Å²) in [5.41, 5.74) is 5.10. The molecule has 2 aliphatic heterocycles. The van der Waals surface area contributed by atoms with Crippen molar-refractivity contribution in [3.63, 3.8) is 0 Å². The average Bonchev–Trinajstić information content (AvgIpc) is 3.32. The van der Waals surface area contributed by atoms with Gasteiger partial charge in [0.15, 0.2) is 0 Å². The maximum Gasteiger partial charge on any atom is 0.246 e. The summed E-state index contributed by atoms with van der Waals surface area (Å²) in [5, 5.41) is 0.641. The Balaban J connectivity index is 1.31. The number of aryl methyl sites for hydroxylation is 3. The normalized spacial score (nSPS) is 23.0. The summed E-state index contributed by atoms with van der Waals surface area (Å²) in [6.07, 6.45) is 9.49. The quantitative estimate of drug-likeness (QED) is 0.424. The molecule has 6 rings (SSSR count). The molecule has 43 heavy (non-hydrogen) atoms. The number of amides is 2. The zero-order valence-corrected chi connectivity index (χ0v) is 26.6. The number of imidazole rings is 1. The molecular formula is C34H43ClN6O2. The van der Waals surface area contributed by atoms with E-state index in [0.717, 1.165) is 55.7 Å². The standard InChI is InChI=1S/C34H43ClN6O2/c1-23-18-38(22-37-23)19-24-8-7-13-40(20-24)32(42)29-21-39(14-15-41(29)33(43)34(2,3)4)31-28-10-6-5-9-25(28)11-12-26-16-27(35)17-36-30(26)31/h5-6,9-10,16-18,22,24,29,31H,7-8,11-15,19-21H2,1-4H3/t24-,29-,31?/m1/s1. The Bertz CT molecular complexity index is 1500. The van der Waals surface area contributed by atoms with Gasteiger partial charge in [-0.1, -0.05) is 56.6 Å². The highest BCUT2D eigenvalue weighted by Crippen LogP contribution is 2.38. The van der Waals surface area contributed by atoms with Crippen molar-refractivity contribution in [2.45, 2.75) is 72.0 Å². The Morgan fingerprint density at radius 3 is 2.58 bits per heavy atom. The number of piperazine rings is 1. The summed E-state index contributed by atoms with van der Waals surface area (Å²) in [6.45, 7) is 11.7. The average molecular weight is 603 g/mol. The van der Waals surface area contributed by atoms with Gasteiger partial charge >= 0.3 is 0 Å². The molecule has 2 amide bonds. The zero-order valence-electron chi connectivity index (χ0n) is 25.8. The molecule has 0 saturated carbocycles. The molecule has 0 N–H and O–H groups in total. The summed E-state index contributed by atoms with van der Waals surface area (Å²) in [5.74, 6) is 0.437. The number of carbonyl (C=O) groups excluding carboxylic acids is 2. The third-order valence-corrected chi connectivity index (χ3v) is 9.47. The zero-order chi connectivity index (χ0) is 30.3. The molecule has 3 atom stereocenters. The smallest absolute Gasteiger partial charge is 0.246 e. The van der Waals surface area contributed by atoms with Crippen LogP contribution >= 0.6 is 11.6 Å². The monoisotopic (exact) mass is 602 g/mol. The molecule has 0 bridgehead atoms. The van der Waals surface area contributed by atoms with Crippen molar-refractivity contribution in [3.8, 4) is 0 Å². The minimum absolute atomic E-state index is 0.0273. The number of aromatic nitrogens is 3. The first kappa shape index (κ1) is 29.8. The van der Waals surface area contributed by atoms with Gasteiger partial charge in [-0.05, 0) is 61.3 Å². The first-order valence-electron chi connectivity index (χ1n) is 15.6. The Morgan fingerprint density at radius 1 is 1.02 bits per heavy atom. The van der Waals surface area contributed by atoms with Crippen LogP contribution in [0.5, 0.6) is 0 Å². The fourth-order valence-corrected chi connectivity index (χ4v) is 7.35. The van der Waals surface area contributed by atoms with Gasteiger partial charge in [-0.25, -0.2) is 4.98 Å². The van der Waals surface area contributed by atoms with Crippen LogP contribution in [0.1, 0.15) is 67.7 Å². The third-order valence-electron chi connectivity index (χ3n) is 9.27. The highest BCUT2D eigenvalue weighted by molar-refractivity contribution is 6.30. The van der Waals surface area contributed by atoms with Crippen LogP contribution in [0.3, 0.4) is 0 Å². The molecule has 8 nitrogen and oxygen atoms in total. The Morgan fingerprint density at radius 2 is 1.81 bits per heavy atom. The number of hydrogen-bond donors (Lipinski definition) is 0. The van der Waals surface area contributed by atoms with E-state index in [1.165, 1.54) is 11.1 Å². The summed E-state index contributed by atoms with van der Waals surface area (Å²) in [7, 11) is 0. The van der Waals surface area contributed by atoms with Gasteiger partial charge < -0.3 is 14.4 Å². The lowest BCUT2D eigenvalue weighted by Gasteiger charge is -2.47. The van der Waals surface area contributed by atoms with Gasteiger partial charge in [-0.3, -0.25) is 19.5 Å². The number of hydrogen-bond acceptors (Lipinski definition) is 5. The fourth-order valence-electron chi connectivity index (χ4n) is 7.17. The number of halogens is 1. The lowest BCUT2D eigenvalue weighted by Crippen LogP contribution is -2.63. The number of piperidine rings is 1. The van der Waals surface area contributed by atoms with E-state index < -0.39 is 11.5 Å². The first-order valence-corrected chi connectivity index (χ1v) is 16.0. The predicted octanol–water partition coefficient (Wildman–Crippen LogP) is 4.93. The predicted molar refractivity (Wildman–Crippen MR) is 168 cm³/mol. The minimum atomic E-state index is -0.579. The molecule has 3 aromatic rings. The number of likely N-dealkylation sites (tertiary alicyclic amines) is 1. The van der Waals surface area contributed by atoms with Crippen LogP contribution in [0, 0.1) is 18.3 Å². The van der Waals surface area contributed by atoms with Gasteiger partial charge in [-0.15, -0.1) is 0 Å². The second-order valence-corrected chi connectivity index (χ2v) is 14.0. The van der Waals surface area contributed by atoms with Crippen LogP contribution in [0.2, 0.25) is 5.02 Å². The second kappa shape index (κ2) is 12.0. The molecule has 3 aliphatic rings. The minimum Gasteiger partial charge on any atom is -0.341 e. The van der Waals surface area contributed by atoms with Crippen molar-refractivity contribution < 1.29 is 9.59 Å². The first-order chi connectivity index (χ1) is 20.6. The largest absolute Gasteiger partial charge is 0.341 e. The van der Waals surface area contributed by atoms with Gasteiger partial charge in [0.2, 0.25) is 11.8 Å². The van der Waals surface area contributed by atoms with E-state index in [9.17, 15) is 9.59 Å². The van der Waals surface area contributed by atoms with Crippen LogP contribution in [0.4, 0.5) is 0 Å². The molecule has 2 fully saturated rings. The van der Waals surface area contributed by atoms with Crippen LogP contribution in [0.15, 0.2) is 49.1 Å². The molecule has 1 aliphatic carbocycles. The highest BCUT2D eigenvalue weighted by Gasteiger charge is 2.44. The van der Waals surface area contributed by atoms with E-state index in [1.54, 1.807) is 6.20 Å². The molecule has 2 saturated heterocycles. The van der Waals surface area contributed by atoms with E-state index in [-0.39, 0.29) is 17.9 Å². The third kappa shape index (κ3) is 6.22. The van der Waals surface area contributed by atoms with Crippen LogP contribution < -0.4 is 0 Å². The number of carbonyl (C=O) groups is 2. The lowest BCUT2D eigenvalue weighted by molar-refractivity contribution is -0.155. The van der Waals surface area contributed by atoms with Crippen LogP contribution in [-0.4, -0.2) is 79.8 Å². The van der Waals surface area contributed by atoms with Gasteiger partial charge in [0.05, 0.1) is 28.8 Å². The topological polar surface area (TPSA) is 74.6 Å². The van der Waals surface area contributed by atoms with Crippen molar-refractivity contribution in [2.75, 3.05) is 32.7 Å². The summed E-state index contributed by atoms with van der Waals surface area (Å²) >= 11 is 6.41. The van der Waals surface area contributed by atoms with Gasteiger partial charge in [0.25, 0.3) is 0 Å². The van der Waals surface area contributed by atoms with Gasteiger partial charge in [0.1, 0.15) is 6.04 Å². The van der Waals surface area contributed by atoms with Crippen molar-refractivity contribution in [1.82, 2.24) is 29.2 Å². The Labute approximate surface area is 260 Å². The van der Waals surface area contributed by atoms with Crippen molar-refractivity contribution in [2.24, 2.45) is 11.3 Å². The number of fused-ring (bicyclic) bond motifs is 2.